The number of nitrogens with two attached hydrogens (primary N) is 1. The van der Waals surface area contributed by atoms with Crippen molar-refractivity contribution in [1.82, 2.24) is 9.97 Å². The summed E-state index contributed by atoms with van der Waals surface area (Å²) in [7, 11) is 0. The third-order valence-electron chi connectivity index (χ3n) is 3.07. The number of anilines is 1. The van der Waals surface area contributed by atoms with E-state index in [9.17, 15) is 0 Å². The lowest BCUT2D eigenvalue weighted by molar-refractivity contribution is 1.24. The highest BCUT2D eigenvalue weighted by atomic mass is 35.5. The molecule has 0 fully saturated rings. The molecular weight excluding hydrogens is 278 g/mol. The van der Waals surface area contributed by atoms with Gasteiger partial charge in [-0.05, 0) is 43.7 Å². The van der Waals surface area contributed by atoms with E-state index in [0.717, 1.165) is 15.8 Å². The van der Waals surface area contributed by atoms with E-state index in [1.54, 1.807) is 17.4 Å². The summed E-state index contributed by atoms with van der Waals surface area (Å²) in [5.74, 6) is 1.15. The van der Waals surface area contributed by atoms with E-state index in [2.05, 4.69) is 29.9 Å². The van der Waals surface area contributed by atoms with E-state index in [1.165, 1.54) is 10.4 Å². The highest BCUT2D eigenvalue weighted by molar-refractivity contribution is 7.15. The summed E-state index contributed by atoms with van der Waals surface area (Å²) >= 11 is 7.68. The number of thiophene rings is 1. The number of halogens is 1. The lowest BCUT2D eigenvalue weighted by atomic mass is 10.2. The Balaban J connectivity index is 2.25. The molecule has 2 aromatic heterocycles. The first-order chi connectivity index (χ1) is 9.04. The van der Waals surface area contributed by atoms with Crippen LogP contribution in [0.3, 0.4) is 0 Å². The van der Waals surface area contributed by atoms with E-state index in [-0.39, 0.29) is 0 Å². The van der Waals surface area contributed by atoms with Crippen molar-refractivity contribution in [2.75, 3.05) is 5.73 Å². The number of nitrogens with zero attached hydrogens (tertiary/aromatic N) is 2. The van der Waals surface area contributed by atoms with Gasteiger partial charge in [-0.15, -0.1) is 11.3 Å². The van der Waals surface area contributed by atoms with Gasteiger partial charge in [0, 0.05) is 15.3 Å². The molecule has 19 heavy (non-hydrogen) atoms. The van der Waals surface area contributed by atoms with Crippen molar-refractivity contribution >= 4 is 39.7 Å². The number of benzene rings is 1. The van der Waals surface area contributed by atoms with E-state index in [4.69, 9.17) is 17.3 Å². The number of fused-ring (bicyclic) bond motifs is 1. The molecule has 0 unspecified atom stereocenters. The summed E-state index contributed by atoms with van der Waals surface area (Å²) in [5.41, 5.74) is 8.02. The van der Waals surface area contributed by atoms with Crippen LogP contribution >= 0.6 is 22.9 Å². The van der Waals surface area contributed by atoms with E-state index >= 15 is 0 Å². The van der Waals surface area contributed by atoms with Gasteiger partial charge < -0.3 is 5.73 Å². The molecule has 0 saturated carbocycles. The number of aryl methyl sites for hydroxylation is 2. The van der Waals surface area contributed by atoms with Crippen molar-refractivity contribution < 1.29 is 0 Å². The van der Waals surface area contributed by atoms with Gasteiger partial charge in [0.1, 0.15) is 5.82 Å². The molecule has 0 atom stereocenters. The minimum absolute atomic E-state index is 0.486. The van der Waals surface area contributed by atoms with Crippen LogP contribution in [0, 0.1) is 13.8 Å². The maximum atomic E-state index is 6.00. The Morgan fingerprint density at radius 1 is 1.16 bits per heavy atom. The monoisotopic (exact) mass is 289 g/mol. The van der Waals surface area contributed by atoms with Gasteiger partial charge in [0.25, 0.3) is 0 Å². The Kier molecular flexibility index (Phi) is 2.92. The molecule has 2 heterocycles. The van der Waals surface area contributed by atoms with Crippen LogP contribution in [0.4, 0.5) is 5.82 Å². The van der Waals surface area contributed by atoms with E-state index < -0.39 is 0 Å². The largest absolute Gasteiger partial charge is 0.383 e. The zero-order chi connectivity index (χ0) is 13.6. The minimum atomic E-state index is 0.486. The third kappa shape index (κ3) is 2.17. The molecule has 2 N–H and O–H groups in total. The highest BCUT2D eigenvalue weighted by Gasteiger charge is 2.10. The second-order valence-electron chi connectivity index (χ2n) is 4.44. The highest BCUT2D eigenvalue weighted by Crippen LogP contribution is 2.31. The molecule has 5 heteroatoms. The second kappa shape index (κ2) is 4.47. The molecule has 0 aliphatic rings. The maximum Gasteiger partial charge on any atom is 0.172 e. The van der Waals surface area contributed by atoms with Crippen LogP contribution in [0.2, 0.25) is 5.02 Å². The van der Waals surface area contributed by atoms with Crippen LogP contribution in [-0.4, -0.2) is 9.97 Å². The summed E-state index contributed by atoms with van der Waals surface area (Å²) < 4.78 is 0. The Morgan fingerprint density at radius 3 is 2.63 bits per heavy atom. The van der Waals surface area contributed by atoms with Gasteiger partial charge in [-0.2, -0.15) is 0 Å². The van der Waals surface area contributed by atoms with Crippen LogP contribution in [0.1, 0.15) is 10.4 Å². The quantitative estimate of drug-likeness (QED) is 0.730. The van der Waals surface area contributed by atoms with Crippen LogP contribution < -0.4 is 5.73 Å². The van der Waals surface area contributed by atoms with Crippen molar-refractivity contribution in [3.8, 4) is 10.7 Å². The SMILES string of the molecule is Cc1cc(-c2nc(N)c3ccc(Cl)cc3n2)sc1C. The van der Waals surface area contributed by atoms with E-state index in [1.807, 2.05) is 12.1 Å². The molecule has 0 amide bonds. The number of nitrogen functional groups attached to an aromatic ring is 1. The molecular formula is C14H12ClN3S. The van der Waals surface area contributed by atoms with Gasteiger partial charge in [-0.25, -0.2) is 9.97 Å². The van der Waals surface area contributed by atoms with Gasteiger partial charge in [0.15, 0.2) is 5.82 Å². The number of aromatic nitrogens is 2. The first-order valence-corrected chi connectivity index (χ1v) is 7.04. The summed E-state index contributed by atoms with van der Waals surface area (Å²) in [6.45, 7) is 4.17. The Bertz CT molecular complexity index is 760. The predicted octanol–water partition coefficient (Wildman–Crippen LogP) is 4.21. The topological polar surface area (TPSA) is 51.8 Å². The smallest absolute Gasteiger partial charge is 0.172 e. The standard InChI is InChI=1S/C14H12ClN3S/c1-7-5-12(19-8(7)2)14-17-11-6-9(15)3-4-10(11)13(16)18-14/h3-6H,1-2H3,(H2,16,17,18). The first kappa shape index (κ1) is 12.4. The Hall–Kier alpha value is -1.65. The molecule has 0 bridgehead atoms. The first-order valence-electron chi connectivity index (χ1n) is 5.85. The lowest BCUT2D eigenvalue weighted by Gasteiger charge is -2.04. The Morgan fingerprint density at radius 2 is 1.95 bits per heavy atom. The van der Waals surface area contributed by atoms with Crippen molar-refractivity contribution in [3.05, 3.63) is 39.7 Å². The van der Waals surface area contributed by atoms with Crippen molar-refractivity contribution in [2.24, 2.45) is 0 Å². The molecule has 0 aliphatic heterocycles. The molecule has 3 rings (SSSR count). The normalized spacial score (nSPS) is 11.1. The molecule has 3 nitrogen and oxygen atoms in total. The van der Waals surface area contributed by atoms with E-state index in [0.29, 0.717) is 16.7 Å². The summed E-state index contributed by atoms with van der Waals surface area (Å²) in [4.78, 5) is 11.2. The molecule has 96 valence electrons. The molecule has 0 aliphatic carbocycles. The summed E-state index contributed by atoms with van der Waals surface area (Å²) in [5, 5.41) is 1.48. The van der Waals surface area contributed by atoms with Crippen molar-refractivity contribution in [1.29, 1.82) is 0 Å². The molecule has 3 aromatic rings. The lowest BCUT2D eigenvalue weighted by Crippen LogP contribution is -1.96. The van der Waals surface area contributed by atoms with Crippen LogP contribution in [0.15, 0.2) is 24.3 Å². The number of rotatable bonds is 1. The molecule has 0 radical (unpaired) electrons. The molecule has 1 aromatic carbocycles. The zero-order valence-corrected chi connectivity index (χ0v) is 12.1. The third-order valence-corrected chi connectivity index (χ3v) is 4.46. The fourth-order valence-electron chi connectivity index (χ4n) is 1.92. The number of hydrogen-bond donors (Lipinski definition) is 1. The predicted molar refractivity (Wildman–Crippen MR) is 81.7 cm³/mol. The summed E-state index contributed by atoms with van der Waals surface area (Å²) in [6.07, 6.45) is 0. The molecule has 0 spiro atoms. The average Bonchev–Trinajstić information content (AvgIpc) is 2.69. The van der Waals surface area contributed by atoms with Gasteiger partial charge in [0.05, 0.1) is 10.4 Å². The minimum Gasteiger partial charge on any atom is -0.383 e. The van der Waals surface area contributed by atoms with Crippen LogP contribution in [0.5, 0.6) is 0 Å². The van der Waals surface area contributed by atoms with Crippen LogP contribution in [-0.2, 0) is 0 Å². The molecule has 0 saturated heterocycles. The summed E-state index contributed by atoms with van der Waals surface area (Å²) in [6, 6.07) is 7.54. The van der Waals surface area contributed by atoms with Crippen LogP contribution in [0.25, 0.3) is 21.6 Å². The zero-order valence-electron chi connectivity index (χ0n) is 10.6. The maximum absolute atomic E-state index is 6.00. The Labute approximate surface area is 120 Å². The van der Waals surface area contributed by atoms with Gasteiger partial charge in [0.2, 0.25) is 0 Å². The van der Waals surface area contributed by atoms with Gasteiger partial charge in [-0.1, -0.05) is 11.6 Å². The van der Waals surface area contributed by atoms with Crippen molar-refractivity contribution in [2.45, 2.75) is 13.8 Å². The van der Waals surface area contributed by atoms with Gasteiger partial charge >= 0.3 is 0 Å². The number of hydrogen-bond acceptors (Lipinski definition) is 4. The van der Waals surface area contributed by atoms with Gasteiger partial charge in [-0.3, -0.25) is 0 Å². The fraction of sp³-hybridized carbons (Fsp3) is 0.143. The van der Waals surface area contributed by atoms with Crippen molar-refractivity contribution in [3.63, 3.8) is 0 Å². The average molecular weight is 290 g/mol. The fourth-order valence-corrected chi connectivity index (χ4v) is 3.06. The second-order valence-corrected chi connectivity index (χ2v) is 6.14.